The van der Waals surface area contributed by atoms with E-state index >= 15 is 0 Å². The van der Waals surface area contributed by atoms with Gasteiger partial charge in [0.15, 0.2) is 0 Å². The van der Waals surface area contributed by atoms with E-state index < -0.39 is 6.10 Å². The van der Waals surface area contributed by atoms with Crippen molar-refractivity contribution in [1.29, 1.82) is 0 Å². The van der Waals surface area contributed by atoms with Gasteiger partial charge in [-0.2, -0.15) is 0 Å². The summed E-state index contributed by atoms with van der Waals surface area (Å²) in [6.07, 6.45) is 1.83. The van der Waals surface area contributed by atoms with Crippen LogP contribution in [0.5, 0.6) is 0 Å². The Morgan fingerprint density at radius 3 is 2.35 bits per heavy atom. The van der Waals surface area contributed by atoms with Gasteiger partial charge >= 0.3 is 0 Å². The third kappa shape index (κ3) is 8.16. The monoisotopic (exact) mass is 244 g/mol. The second-order valence-electron chi connectivity index (χ2n) is 5.83. The van der Waals surface area contributed by atoms with Crippen LogP contribution in [0.1, 0.15) is 47.0 Å². The summed E-state index contributed by atoms with van der Waals surface area (Å²) in [6.45, 7) is 9.20. The molecular weight excluding hydrogens is 216 g/mol. The number of rotatable bonds is 7. The van der Waals surface area contributed by atoms with Gasteiger partial charge in [0.2, 0.25) is 5.91 Å². The molecular formula is C13H28N2O2. The normalized spacial score (nSPS) is 15.4. The second kappa shape index (κ2) is 7.67. The minimum atomic E-state index is -0.485. The highest BCUT2D eigenvalue weighted by Gasteiger charge is 2.24. The zero-order valence-electron chi connectivity index (χ0n) is 11.6. The predicted molar refractivity (Wildman–Crippen MR) is 70.5 cm³/mol. The molecule has 4 nitrogen and oxygen atoms in total. The van der Waals surface area contributed by atoms with Gasteiger partial charge in [-0.1, -0.05) is 20.8 Å². The van der Waals surface area contributed by atoms with Crippen LogP contribution in [0, 0.1) is 11.3 Å². The molecule has 2 unspecified atom stereocenters. The van der Waals surface area contributed by atoms with Crippen molar-refractivity contribution in [2.45, 2.75) is 53.1 Å². The van der Waals surface area contributed by atoms with Crippen molar-refractivity contribution in [3.05, 3.63) is 0 Å². The molecule has 17 heavy (non-hydrogen) atoms. The van der Waals surface area contributed by atoms with Gasteiger partial charge in [-0.3, -0.25) is 4.79 Å². The maximum Gasteiger partial charge on any atom is 0.220 e. The van der Waals surface area contributed by atoms with Gasteiger partial charge in [0, 0.05) is 13.0 Å². The van der Waals surface area contributed by atoms with Gasteiger partial charge in [0.05, 0.1) is 6.10 Å². The molecule has 4 N–H and O–H groups in total. The number of hydrogen-bond acceptors (Lipinski definition) is 3. The fraction of sp³-hybridized carbons (Fsp3) is 0.923. The van der Waals surface area contributed by atoms with E-state index in [4.69, 9.17) is 10.8 Å². The molecule has 0 radical (unpaired) electrons. The molecule has 0 aromatic carbocycles. The smallest absolute Gasteiger partial charge is 0.220 e. The minimum Gasteiger partial charge on any atom is -0.392 e. The Balaban J connectivity index is 4.00. The molecule has 0 heterocycles. The average molecular weight is 244 g/mol. The summed E-state index contributed by atoms with van der Waals surface area (Å²) < 4.78 is 0. The van der Waals surface area contributed by atoms with E-state index in [-0.39, 0.29) is 11.3 Å². The maximum atomic E-state index is 11.5. The lowest BCUT2D eigenvalue weighted by Crippen LogP contribution is -2.32. The topological polar surface area (TPSA) is 75.3 Å². The van der Waals surface area contributed by atoms with E-state index in [1.165, 1.54) is 0 Å². The zero-order chi connectivity index (χ0) is 13.5. The Bertz CT molecular complexity index is 222. The van der Waals surface area contributed by atoms with E-state index in [1.54, 1.807) is 6.92 Å². The Morgan fingerprint density at radius 2 is 1.94 bits per heavy atom. The Hall–Kier alpha value is -0.610. The van der Waals surface area contributed by atoms with Crippen molar-refractivity contribution in [1.82, 2.24) is 5.32 Å². The van der Waals surface area contributed by atoms with Crippen LogP contribution < -0.4 is 11.1 Å². The third-order valence-corrected chi connectivity index (χ3v) is 3.05. The Kier molecular flexibility index (Phi) is 7.39. The number of amides is 1. The van der Waals surface area contributed by atoms with Crippen molar-refractivity contribution in [2.24, 2.45) is 17.1 Å². The summed E-state index contributed by atoms with van der Waals surface area (Å²) >= 11 is 0. The highest BCUT2D eigenvalue weighted by Crippen LogP contribution is 2.31. The van der Waals surface area contributed by atoms with E-state index in [0.717, 1.165) is 12.8 Å². The molecule has 0 saturated heterocycles. The summed E-state index contributed by atoms with van der Waals surface area (Å²) in [5, 5.41) is 11.8. The lowest BCUT2D eigenvalue weighted by Gasteiger charge is -2.30. The first kappa shape index (κ1) is 16.4. The molecule has 0 fully saturated rings. The molecule has 0 aliphatic carbocycles. The first-order valence-corrected chi connectivity index (χ1v) is 6.42. The minimum absolute atomic E-state index is 0.0113. The summed E-state index contributed by atoms with van der Waals surface area (Å²) in [5.74, 6) is 0.474. The molecule has 2 atom stereocenters. The van der Waals surface area contributed by atoms with Crippen LogP contribution in [0.25, 0.3) is 0 Å². The van der Waals surface area contributed by atoms with Crippen LogP contribution in [0.4, 0.5) is 0 Å². The predicted octanol–water partition coefficient (Wildman–Crippen LogP) is 1.27. The zero-order valence-corrected chi connectivity index (χ0v) is 11.6. The van der Waals surface area contributed by atoms with Gasteiger partial charge in [0.1, 0.15) is 0 Å². The molecule has 0 aliphatic heterocycles. The van der Waals surface area contributed by atoms with Crippen LogP contribution in [0.2, 0.25) is 0 Å². The maximum absolute atomic E-state index is 11.5. The second-order valence-corrected chi connectivity index (χ2v) is 5.83. The largest absolute Gasteiger partial charge is 0.392 e. The van der Waals surface area contributed by atoms with Crippen LogP contribution in [0.3, 0.4) is 0 Å². The molecule has 4 heteroatoms. The first-order valence-electron chi connectivity index (χ1n) is 6.42. The molecule has 0 spiro atoms. The number of hydrogen-bond donors (Lipinski definition) is 3. The molecule has 0 aliphatic rings. The quantitative estimate of drug-likeness (QED) is 0.631. The SMILES string of the molecule is CC(O)CNC(=O)CCC(CCN)C(C)(C)C. The molecule has 0 rings (SSSR count). The van der Waals surface area contributed by atoms with Crippen molar-refractivity contribution in [3.8, 4) is 0 Å². The van der Waals surface area contributed by atoms with Crippen molar-refractivity contribution in [3.63, 3.8) is 0 Å². The summed E-state index contributed by atoms with van der Waals surface area (Å²) in [4.78, 5) is 11.5. The lowest BCUT2D eigenvalue weighted by atomic mass is 9.76. The molecule has 102 valence electrons. The van der Waals surface area contributed by atoms with Crippen LogP contribution in [-0.4, -0.2) is 30.2 Å². The van der Waals surface area contributed by atoms with Crippen LogP contribution >= 0.6 is 0 Å². The Morgan fingerprint density at radius 1 is 1.35 bits per heavy atom. The van der Waals surface area contributed by atoms with Crippen molar-refractivity contribution < 1.29 is 9.90 Å². The van der Waals surface area contributed by atoms with Crippen molar-refractivity contribution in [2.75, 3.05) is 13.1 Å². The van der Waals surface area contributed by atoms with E-state index in [1.807, 2.05) is 0 Å². The molecule has 0 saturated carbocycles. The number of aliphatic hydroxyl groups is 1. The summed E-state index contributed by atoms with van der Waals surface area (Å²) in [5.41, 5.74) is 5.78. The lowest BCUT2D eigenvalue weighted by molar-refractivity contribution is -0.122. The number of nitrogens with one attached hydrogen (secondary N) is 1. The number of carbonyl (C=O) groups excluding carboxylic acids is 1. The highest BCUT2D eigenvalue weighted by atomic mass is 16.3. The van der Waals surface area contributed by atoms with Gasteiger partial charge in [-0.05, 0) is 37.6 Å². The van der Waals surface area contributed by atoms with Gasteiger partial charge in [0.25, 0.3) is 0 Å². The number of carbonyl (C=O) groups is 1. The Labute approximate surface area is 105 Å². The number of nitrogens with two attached hydrogens (primary N) is 1. The van der Waals surface area contributed by atoms with E-state index in [0.29, 0.717) is 25.4 Å². The summed E-state index contributed by atoms with van der Waals surface area (Å²) in [7, 11) is 0. The van der Waals surface area contributed by atoms with E-state index in [9.17, 15) is 4.79 Å². The number of aliphatic hydroxyl groups excluding tert-OH is 1. The van der Waals surface area contributed by atoms with Crippen molar-refractivity contribution >= 4 is 5.91 Å². The molecule has 1 amide bonds. The van der Waals surface area contributed by atoms with E-state index in [2.05, 4.69) is 26.1 Å². The van der Waals surface area contributed by atoms with Gasteiger partial charge in [-0.25, -0.2) is 0 Å². The standard InChI is InChI=1S/C13H28N2O2/c1-10(16)9-15-12(17)6-5-11(7-8-14)13(2,3)4/h10-11,16H,5-9,14H2,1-4H3,(H,15,17). The fourth-order valence-corrected chi connectivity index (χ4v) is 1.87. The molecule has 0 aromatic rings. The van der Waals surface area contributed by atoms with Crippen LogP contribution in [0.15, 0.2) is 0 Å². The highest BCUT2D eigenvalue weighted by molar-refractivity contribution is 5.75. The fourth-order valence-electron chi connectivity index (χ4n) is 1.87. The van der Waals surface area contributed by atoms with Gasteiger partial charge < -0.3 is 16.2 Å². The van der Waals surface area contributed by atoms with Crippen LogP contribution in [-0.2, 0) is 4.79 Å². The summed E-state index contributed by atoms with van der Waals surface area (Å²) in [6, 6.07) is 0. The molecule has 0 bridgehead atoms. The molecule has 0 aromatic heterocycles. The third-order valence-electron chi connectivity index (χ3n) is 3.05. The average Bonchev–Trinajstić information content (AvgIpc) is 2.19. The van der Waals surface area contributed by atoms with Gasteiger partial charge in [-0.15, -0.1) is 0 Å². The first-order chi connectivity index (χ1) is 7.77.